The van der Waals surface area contributed by atoms with Crippen LogP contribution in [0.25, 0.3) is 0 Å². The molecule has 5 heteroatoms. The largest absolute Gasteiger partial charge is 0.491 e. The smallest absolute Gasteiger partial charge is 0.170 e. The fourth-order valence-corrected chi connectivity index (χ4v) is 2.16. The lowest BCUT2D eigenvalue weighted by Gasteiger charge is -2.15. The highest BCUT2D eigenvalue weighted by molar-refractivity contribution is 5.97. The Morgan fingerprint density at radius 3 is 2.95 bits per heavy atom. The van der Waals surface area contributed by atoms with E-state index in [0.29, 0.717) is 18.3 Å². The van der Waals surface area contributed by atoms with Crippen LogP contribution in [0.15, 0.2) is 23.4 Å². The molecule has 1 fully saturated rings. The van der Waals surface area contributed by atoms with E-state index in [2.05, 4.69) is 12.1 Å². The van der Waals surface area contributed by atoms with Crippen LogP contribution in [0.5, 0.6) is 5.75 Å². The average molecular weight is 264 g/mol. The molecule has 0 amide bonds. The number of nitrogens with two attached hydrogens (primary N) is 1. The number of benzene rings is 1. The number of amidine groups is 1. The van der Waals surface area contributed by atoms with Crippen molar-refractivity contribution in [2.45, 2.75) is 38.9 Å². The molecule has 0 spiro atoms. The number of rotatable bonds is 4. The van der Waals surface area contributed by atoms with E-state index < -0.39 is 0 Å². The van der Waals surface area contributed by atoms with Crippen molar-refractivity contribution in [1.82, 2.24) is 0 Å². The van der Waals surface area contributed by atoms with Gasteiger partial charge in [0.1, 0.15) is 12.4 Å². The Kier molecular flexibility index (Phi) is 4.27. The van der Waals surface area contributed by atoms with E-state index in [9.17, 15) is 0 Å². The number of ether oxygens (including phenoxy) is 2. The number of hydrogen-bond donors (Lipinski definition) is 2. The van der Waals surface area contributed by atoms with Crippen LogP contribution in [0.3, 0.4) is 0 Å². The van der Waals surface area contributed by atoms with Crippen molar-refractivity contribution in [3.8, 4) is 5.75 Å². The van der Waals surface area contributed by atoms with Crippen LogP contribution < -0.4 is 10.5 Å². The Hall–Kier alpha value is -1.75. The predicted molar refractivity (Wildman–Crippen MR) is 72.8 cm³/mol. The van der Waals surface area contributed by atoms with Crippen molar-refractivity contribution in [1.29, 1.82) is 0 Å². The lowest BCUT2D eigenvalue weighted by molar-refractivity contribution is 0.0263. The van der Waals surface area contributed by atoms with Gasteiger partial charge in [-0.05, 0) is 38.3 Å². The van der Waals surface area contributed by atoms with Crippen molar-refractivity contribution >= 4 is 5.84 Å². The molecule has 2 rings (SSSR count). The fourth-order valence-electron chi connectivity index (χ4n) is 2.16. The van der Waals surface area contributed by atoms with Gasteiger partial charge in [0.15, 0.2) is 5.84 Å². The van der Waals surface area contributed by atoms with Gasteiger partial charge in [0.05, 0.1) is 12.2 Å². The molecule has 1 aromatic rings. The summed E-state index contributed by atoms with van der Waals surface area (Å²) in [5, 5.41) is 11.7. The van der Waals surface area contributed by atoms with Gasteiger partial charge in [-0.3, -0.25) is 0 Å². The van der Waals surface area contributed by atoms with Crippen molar-refractivity contribution in [3.63, 3.8) is 0 Å². The van der Waals surface area contributed by atoms with Gasteiger partial charge >= 0.3 is 0 Å². The van der Waals surface area contributed by atoms with Crippen LogP contribution in [0.2, 0.25) is 0 Å². The van der Waals surface area contributed by atoms with Crippen molar-refractivity contribution in [2.24, 2.45) is 10.9 Å². The molecule has 0 aromatic heterocycles. The molecule has 3 N–H and O–H groups in total. The molecule has 0 bridgehead atoms. The molecule has 1 aromatic carbocycles. The molecule has 1 saturated heterocycles. The Labute approximate surface area is 113 Å². The number of oxime groups is 1. The molecule has 0 aliphatic carbocycles. The first-order valence-electron chi connectivity index (χ1n) is 6.47. The summed E-state index contributed by atoms with van der Waals surface area (Å²) in [4.78, 5) is 0. The summed E-state index contributed by atoms with van der Waals surface area (Å²) in [7, 11) is 0. The van der Waals surface area contributed by atoms with Gasteiger partial charge in [-0.25, -0.2) is 0 Å². The monoisotopic (exact) mass is 264 g/mol. The predicted octanol–water partition coefficient (Wildman–Crippen LogP) is 2.04. The molecular formula is C14H20N2O3. The van der Waals surface area contributed by atoms with Gasteiger partial charge in [-0.2, -0.15) is 0 Å². The van der Waals surface area contributed by atoms with E-state index in [1.165, 1.54) is 0 Å². The van der Waals surface area contributed by atoms with E-state index in [1.807, 2.05) is 13.0 Å². The van der Waals surface area contributed by atoms with Crippen molar-refractivity contribution in [3.05, 3.63) is 29.3 Å². The van der Waals surface area contributed by atoms with Gasteiger partial charge in [-0.1, -0.05) is 17.3 Å². The third-order valence-corrected chi connectivity index (χ3v) is 3.34. The van der Waals surface area contributed by atoms with Gasteiger partial charge < -0.3 is 20.4 Å². The molecule has 0 radical (unpaired) electrons. The van der Waals surface area contributed by atoms with E-state index in [4.69, 9.17) is 20.4 Å². The zero-order chi connectivity index (χ0) is 13.8. The number of hydrogen-bond acceptors (Lipinski definition) is 4. The van der Waals surface area contributed by atoms with E-state index >= 15 is 0 Å². The first-order valence-corrected chi connectivity index (χ1v) is 6.47. The molecule has 1 aliphatic heterocycles. The van der Waals surface area contributed by atoms with Gasteiger partial charge in [-0.15, -0.1) is 0 Å². The summed E-state index contributed by atoms with van der Waals surface area (Å²) in [5.74, 6) is 0.822. The van der Waals surface area contributed by atoms with Gasteiger partial charge in [0.25, 0.3) is 0 Å². The second kappa shape index (κ2) is 5.93. The molecule has 2 atom stereocenters. The normalized spacial score (nSPS) is 23.6. The Morgan fingerprint density at radius 2 is 2.32 bits per heavy atom. The van der Waals surface area contributed by atoms with E-state index in [1.54, 1.807) is 12.1 Å². The van der Waals surface area contributed by atoms with Crippen LogP contribution in [0.4, 0.5) is 0 Å². The van der Waals surface area contributed by atoms with Crippen molar-refractivity contribution in [2.75, 3.05) is 6.61 Å². The van der Waals surface area contributed by atoms with Crippen LogP contribution in [-0.2, 0) is 4.74 Å². The minimum atomic E-state index is 0.0792. The summed E-state index contributed by atoms with van der Waals surface area (Å²) < 4.78 is 11.5. The zero-order valence-corrected chi connectivity index (χ0v) is 11.3. The summed E-state index contributed by atoms with van der Waals surface area (Å²) in [6, 6.07) is 5.47. The quantitative estimate of drug-likeness (QED) is 0.377. The summed E-state index contributed by atoms with van der Waals surface area (Å²) in [6.45, 7) is 4.57. The van der Waals surface area contributed by atoms with Crippen LogP contribution in [0, 0.1) is 6.92 Å². The highest BCUT2D eigenvalue weighted by Gasteiger charge is 2.22. The zero-order valence-electron chi connectivity index (χ0n) is 11.3. The highest BCUT2D eigenvalue weighted by Crippen LogP contribution is 2.23. The molecular weight excluding hydrogens is 244 g/mol. The molecule has 0 saturated carbocycles. The van der Waals surface area contributed by atoms with Gasteiger partial charge in [0.2, 0.25) is 0 Å². The minimum absolute atomic E-state index is 0.0792. The standard InChI is InChI=1S/C14H20N2O3/c1-9-3-5-11(14(15)16-17)7-13(9)18-8-12-6-4-10(2)19-12/h3,5,7,10,12,17H,4,6,8H2,1-2H3,(H2,15,16). The fraction of sp³-hybridized carbons (Fsp3) is 0.500. The Bertz CT molecular complexity index is 474. The first-order chi connectivity index (χ1) is 9.10. The maximum absolute atomic E-state index is 8.68. The third-order valence-electron chi connectivity index (χ3n) is 3.34. The van der Waals surface area contributed by atoms with E-state index in [0.717, 1.165) is 24.2 Å². The second-order valence-corrected chi connectivity index (χ2v) is 4.92. The maximum atomic E-state index is 8.68. The second-order valence-electron chi connectivity index (χ2n) is 4.92. The van der Waals surface area contributed by atoms with Crippen LogP contribution in [0.1, 0.15) is 30.9 Å². The summed E-state index contributed by atoms with van der Waals surface area (Å²) in [6.07, 6.45) is 2.58. The SMILES string of the molecule is Cc1ccc(/C(N)=N/O)cc1OCC1CCC(C)O1. The molecule has 104 valence electrons. The topological polar surface area (TPSA) is 77.1 Å². The molecule has 1 aliphatic rings. The molecule has 2 unspecified atom stereocenters. The van der Waals surface area contributed by atoms with Crippen molar-refractivity contribution < 1.29 is 14.7 Å². The summed E-state index contributed by atoms with van der Waals surface area (Å²) >= 11 is 0. The van der Waals surface area contributed by atoms with Crippen LogP contribution >= 0.6 is 0 Å². The van der Waals surface area contributed by atoms with E-state index in [-0.39, 0.29) is 11.9 Å². The number of nitrogens with zero attached hydrogens (tertiary/aromatic N) is 1. The first kappa shape index (κ1) is 13.7. The molecule has 19 heavy (non-hydrogen) atoms. The lowest BCUT2D eigenvalue weighted by Crippen LogP contribution is -2.19. The highest BCUT2D eigenvalue weighted by atomic mass is 16.5. The Balaban J connectivity index is 2.03. The molecule has 5 nitrogen and oxygen atoms in total. The molecule has 1 heterocycles. The average Bonchev–Trinajstić information content (AvgIpc) is 2.82. The minimum Gasteiger partial charge on any atom is -0.491 e. The maximum Gasteiger partial charge on any atom is 0.170 e. The number of aryl methyl sites for hydroxylation is 1. The third kappa shape index (κ3) is 3.38. The lowest BCUT2D eigenvalue weighted by atomic mass is 10.1. The van der Waals surface area contributed by atoms with Crippen LogP contribution in [-0.4, -0.2) is 29.9 Å². The Morgan fingerprint density at radius 1 is 1.53 bits per heavy atom. The summed E-state index contributed by atoms with van der Waals surface area (Å²) in [5.41, 5.74) is 7.23. The van der Waals surface area contributed by atoms with Gasteiger partial charge in [0, 0.05) is 5.56 Å².